The number of hydrogen-bond donors (Lipinski definition) is 0. The summed E-state index contributed by atoms with van der Waals surface area (Å²) in [5, 5.41) is 0. The first-order valence-electron chi connectivity index (χ1n) is 7.73. The van der Waals surface area contributed by atoms with Gasteiger partial charge in [0.2, 0.25) is 0 Å². The van der Waals surface area contributed by atoms with Crippen LogP contribution < -0.4 is 4.74 Å². The number of methoxy groups -OCH3 is 1. The van der Waals surface area contributed by atoms with Gasteiger partial charge < -0.3 is 14.4 Å². The number of morpholine rings is 1. The van der Waals surface area contributed by atoms with E-state index in [4.69, 9.17) is 9.47 Å². The third kappa shape index (κ3) is 2.81. The zero-order chi connectivity index (χ0) is 15.0. The van der Waals surface area contributed by atoms with Crippen LogP contribution in [0.3, 0.4) is 0 Å². The largest absolute Gasteiger partial charge is 0.495 e. The van der Waals surface area contributed by atoms with Crippen LogP contribution >= 0.6 is 11.3 Å². The molecule has 1 aromatic heterocycles. The molecule has 2 atom stereocenters. The number of fused-ring (bicyclic) bond motifs is 1. The molecule has 1 aromatic rings. The average molecular weight is 309 g/mol. The van der Waals surface area contributed by atoms with Crippen molar-refractivity contribution in [1.29, 1.82) is 0 Å². The van der Waals surface area contributed by atoms with Crippen molar-refractivity contribution in [2.75, 3.05) is 20.2 Å². The molecule has 0 saturated carbocycles. The Balaban J connectivity index is 1.89. The van der Waals surface area contributed by atoms with Gasteiger partial charge in [-0.05, 0) is 39.5 Å². The average Bonchev–Trinajstić information content (AvgIpc) is 2.83. The monoisotopic (exact) mass is 309 g/mol. The van der Waals surface area contributed by atoms with Gasteiger partial charge in [0.15, 0.2) is 0 Å². The molecule has 1 aliphatic heterocycles. The summed E-state index contributed by atoms with van der Waals surface area (Å²) < 4.78 is 11.3. The Kier molecular flexibility index (Phi) is 4.22. The molecule has 0 N–H and O–H groups in total. The molecule has 0 bridgehead atoms. The van der Waals surface area contributed by atoms with Gasteiger partial charge in [-0.2, -0.15) is 0 Å². The normalized spacial score (nSPS) is 25.6. The minimum absolute atomic E-state index is 0.0956. The molecule has 0 aromatic carbocycles. The summed E-state index contributed by atoms with van der Waals surface area (Å²) in [6.07, 6.45) is 4.73. The molecule has 116 valence electrons. The van der Waals surface area contributed by atoms with E-state index >= 15 is 0 Å². The van der Waals surface area contributed by atoms with Crippen LogP contribution in [-0.4, -0.2) is 43.2 Å². The highest BCUT2D eigenvalue weighted by molar-refractivity contribution is 7.14. The van der Waals surface area contributed by atoms with Crippen molar-refractivity contribution < 1.29 is 14.3 Å². The molecule has 1 amide bonds. The van der Waals surface area contributed by atoms with Gasteiger partial charge in [0, 0.05) is 23.5 Å². The molecule has 0 radical (unpaired) electrons. The highest BCUT2D eigenvalue weighted by Gasteiger charge is 2.32. The molecule has 0 spiro atoms. The number of nitrogens with zero attached hydrogens (tertiary/aromatic N) is 1. The lowest BCUT2D eigenvalue weighted by Gasteiger charge is -2.35. The Morgan fingerprint density at radius 2 is 1.90 bits per heavy atom. The maximum Gasteiger partial charge on any atom is 0.267 e. The Hall–Kier alpha value is -1.07. The molecule has 3 rings (SSSR count). The highest BCUT2D eigenvalue weighted by Crippen LogP contribution is 2.40. The van der Waals surface area contributed by atoms with Gasteiger partial charge in [-0.1, -0.05) is 0 Å². The van der Waals surface area contributed by atoms with E-state index in [2.05, 4.69) is 0 Å². The fourth-order valence-corrected chi connectivity index (χ4v) is 4.71. The summed E-state index contributed by atoms with van der Waals surface area (Å²) in [7, 11) is 1.68. The van der Waals surface area contributed by atoms with Crippen LogP contribution in [0.1, 0.15) is 46.8 Å². The second kappa shape index (κ2) is 5.97. The maximum atomic E-state index is 12.9. The van der Waals surface area contributed by atoms with Gasteiger partial charge in [-0.3, -0.25) is 4.79 Å². The lowest BCUT2D eigenvalue weighted by atomic mass is 9.98. The van der Waals surface area contributed by atoms with Crippen molar-refractivity contribution in [3.63, 3.8) is 0 Å². The Morgan fingerprint density at radius 1 is 1.24 bits per heavy atom. The lowest BCUT2D eigenvalue weighted by Crippen LogP contribution is -2.48. The molecule has 2 unspecified atom stereocenters. The summed E-state index contributed by atoms with van der Waals surface area (Å²) in [4.78, 5) is 16.9. The maximum absolute atomic E-state index is 12.9. The van der Waals surface area contributed by atoms with Crippen LogP contribution in [0.5, 0.6) is 5.75 Å². The molecule has 1 aliphatic carbocycles. The number of hydrogen-bond acceptors (Lipinski definition) is 4. The molecule has 2 aliphatic rings. The van der Waals surface area contributed by atoms with Gasteiger partial charge >= 0.3 is 0 Å². The fraction of sp³-hybridized carbons (Fsp3) is 0.688. The first kappa shape index (κ1) is 14.9. The number of amides is 1. The third-order valence-corrected chi connectivity index (χ3v) is 5.49. The van der Waals surface area contributed by atoms with Gasteiger partial charge in [-0.25, -0.2) is 0 Å². The Bertz CT molecular complexity index is 530. The predicted octanol–water partition coefficient (Wildman–Crippen LogP) is 2.88. The van der Waals surface area contributed by atoms with Crippen molar-refractivity contribution in [2.24, 2.45) is 0 Å². The summed E-state index contributed by atoms with van der Waals surface area (Å²) in [6.45, 7) is 5.36. The van der Waals surface area contributed by atoms with Crippen molar-refractivity contribution in [1.82, 2.24) is 4.90 Å². The number of carbonyl (C=O) groups excluding carboxylic acids is 1. The van der Waals surface area contributed by atoms with Crippen molar-refractivity contribution in [3.8, 4) is 5.75 Å². The smallest absolute Gasteiger partial charge is 0.267 e. The fourth-order valence-electron chi connectivity index (χ4n) is 3.38. The number of ether oxygens (including phenoxy) is 2. The van der Waals surface area contributed by atoms with E-state index in [-0.39, 0.29) is 18.1 Å². The van der Waals surface area contributed by atoms with Crippen LogP contribution in [0.4, 0.5) is 0 Å². The SMILES string of the molecule is COc1c(C(=O)N2CC(C)OC(C)C2)sc2c1CCCC2. The van der Waals surface area contributed by atoms with E-state index in [1.165, 1.54) is 23.3 Å². The van der Waals surface area contributed by atoms with E-state index < -0.39 is 0 Å². The first-order valence-corrected chi connectivity index (χ1v) is 8.55. The predicted molar refractivity (Wildman–Crippen MR) is 83.4 cm³/mol. The lowest BCUT2D eigenvalue weighted by molar-refractivity contribution is -0.0585. The van der Waals surface area contributed by atoms with E-state index in [0.717, 1.165) is 23.5 Å². The Morgan fingerprint density at radius 3 is 2.57 bits per heavy atom. The summed E-state index contributed by atoms with van der Waals surface area (Å²) in [5.41, 5.74) is 1.27. The Labute approximate surface area is 130 Å². The second-order valence-electron chi connectivity index (χ2n) is 6.04. The summed E-state index contributed by atoms with van der Waals surface area (Å²) >= 11 is 1.63. The second-order valence-corrected chi connectivity index (χ2v) is 7.15. The van der Waals surface area contributed by atoms with Crippen molar-refractivity contribution in [2.45, 2.75) is 51.7 Å². The van der Waals surface area contributed by atoms with Gasteiger partial charge in [0.25, 0.3) is 5.91 Å². The molecule has 1 fully saturated rings. The molecule has 5 heteroatoms. The number of rotatable bonds is 2. The minimum atomic E-state index is 0.0956. The molecule has 2 heterocycles. The third-order valence-electron chi connectivity index (χ3n) is 4.23. The van der Waals surface area contributed by atoms with E-state index in [0.29, 0.717) is 13.1 Å². The van der Waals surface area contributed by atoms with E-state index in [9.17, 15) is 4.79 Å². The summed E-state index contributed by atoms with van der Waals surface area (Å²) in [5.74, 6) is 0.930. The number of aryl methyl sites for hydroxylation is 1. The van der Waals surface area contributed by atoms with Crippen LogP contribution in [0.2, 0.25) is 0 Å². The molecular formula is C16H23NO3S. The van der Waals surface area contributed by atoms with Crippen LogP contribution in [0.25, 0.3) is 0 Å². The zero-order valence-corrected chi connectivity index (χ0v) is 13.8. The first-order chi connectivity index (χ1) is 10.1. The number of carbonyl (C=O) groups is 1. The molecule has 21 heavy (non-hydrogen) atoms. The van der Waals surface area contributed by atoms with E-state index in [1.807, 2.05) is 18.7 Å². The van der Waals surface area contributed by atoms with Gasteiger partial charge in [-0.15, -0.1) is 11.3 Å². The summed E-state index contributed by atoms with van der Waals surface area (Å²) in [6, 6.07) is 0. The van der Waals surface area contributed by atoms with Crippen LogP contribution in [0, 0.1) is 0 Å². The number of thiophene rings is 1. The minimum Gasteiger partial charge on any atom is -0.495 e. The standard InChI is InChI=1S/C16H23NO3S/c1-10-8-17(9-11(2)20-10)16(18)15-14(19-3)12-6-4-5-7-13(12)21-15/h10-11H,4-9H2,1-3H3. The van der Waals surface area contributed by atoms with E-state index in [1.54, 1.807) is 18.4 Å². The molecule has 4 nitrogen and oxygen atoms in total. The van der Waals surface area contributed by atoms with Crippen LogP contribution in [-0.2, 0) is 17.6 Å². The quantitative estimate of drug-likeness (QED) is 0.843. The van der Waals surface area contributed by atoms with Crippen molar-refractivity contribution >= 4 is 17.2 Å². The van der Waals surface area contributed by atoms with Gasteiger partial charge in [0.1, 0.15) is 10.6 Å². The van der Waals surface area contributed by atoms with Crippen molar-refractivity contribution in [3.05, 3.63) is 15.3 Å². The highest BCUT2D eigenvalue weighted by atomic mass is 32.1. The zero-order valence-electron chi connectivity index (χ0n) is 13.0. The molecular weight excluding hydrogens is 286 g/mol. The molecule has 1 saturated heterocycles. The van der Waals surface area contributed by atoms with Gasteiger partial charge in [0.05, 0.1) is 19.3 Å². The van der Waals surface area contributed by atoms with Crippen LogP contribution in [0.15, 0.2) is 0 Å². The topological polar surface area (TPSA) is 38.8 Å².